The smallest absolute Gasteiger partial charge is 0.285 e. The molecule has 7 nitrogen and oxygen atoms in total. The van der Waals surface area contributed by atoms with Gasteiger partial charge in [-0.15, -0.1) is 0 Å². The average molecular weight is 553 g/mol. The third kappa shape index (κ3) is 6.79. The van der Waals surface area contributed by atoms with Gasteiger partial charge in [0.25, 0.3) is 5.66 Å². The number of nitrogens with two attached hydrogens (primary N) is 2. The number of halogens is 2. The predicted octanol–water partition coefficient (Wildman–Crippen LogP) is 5.86. The monoisotopic (exact) mass is 552 g/mol. The van der Waals surface area contributed by atoms with Crippen molar-refractivity contribution in [3.05, 3.63) is 47.7 Å². The number of aldehydes is 1. The molecule has 2 heterocycles. The van der Waals surface area contributed by atoms with Gasteiger partial charge < -0.3 is 20.6 Å². The second-order valence-electron chi connectivity index (χ2n) is 9.21. The third-order valence-electron chi connectivity index (χ3n) is 6.85. The Morgan fingerprint density at radius 3 is 2.19 bits per heavy atom. The number of alkyl halides is 2. The van der Waals surface area contributed by atoms with E-state index in [2.05, 4.69) is 15.3 Å². The fourth-order valence-electron chi connectivity index (χ4n) is 4.72. The Morgan fingerprint density at radius 2 is 1.73 bits per heavy atom. The van der Waals surface area contributed by atoms with Crippen molar-refractivity contribution < 1.29 is 22.3 Å². The lowest BCUT2D eigenvalue weighted by atomic mass is 9.94. The van der Waals surface area contributed by atoms with Gasteiger partial charge in [0.15, 0.2) is 17.4 Å². The van der Waals surface area contributed by atoms with E-state index in [4.69, 9.17) is 10.3 Å². The Bertz CT molecular complexity index is 1220. The molecule has 0 radical (unpaired) electrons. The Hall–Kier alpha value is -2.26. The Morgan fingerprint density at radius 1 is 1.11 bits per heavy atom. The number of aromatic nitrogens is 2. The zero-order valence-corrected chi connectivity index (χ0v) is 22.9. The molecule has 3 aromatic rings. The van der Waals surface area contributed by atoms with Crippen LogP contribution < -0.4 is 11.5 Å². The van der Waals surface area contributed by atoms with Crippen LogP contribution >= 0.6 is 9.24 Å². The summed E-state index contributed by atoms with van der Waals surface area (Å²) in [6, 6.07) is 8.86. The SMILES string of the molecule is CN.Nc1ccc(-c2c(C=O)c3cc(C(F)(F)P)cnc3n2C2CCCCC2)cc1.O=S(O)C1CCC1. The first-order valence-corrected chi connectivity index (χ1v) is 14.1. The number of pyridine rings is 1. The third-order valence-corrected chi connectivity index (χ3v) is 8.22. The van der Waals surface area contributed by atoms with E-state index < -0.39 is 16.7 Å². The summed E-state index contributed by atoms with van der Waals surface area (Å²) in [5.41, 5.74) is 10.2. The molecule has 202 valence electrons. The summed E-state index contributed by atoms with van der Waals surface area (Å²) in [5.74, 6) is 0. The first kappa shape index (κ1) is 29.3. The molecular formula is C26H35F2N4O3PS. The number of carbonyl (C=O) groups is 1. The van der Waals surface area contributed by atoms with Gasteiger partial charge in [-0.05, 0) is 56.5 Å². The van der Waals surface area contributed by atoms with Gasteiger partial charge in [-0.1, -0.05) is 47.1 Å². The normalized spacial score (nSPS) is 17.1. The number of nitrogens with zero attached hydrogens (tertiary/aromatic N) is 2. The molecule has 2 atom stereocenters. The molecule has 2 aliphatic rings. The molecule has 2 unspecified atom stereocenters. The number of carbonyl (C=O) groups excluding carboxylic acids is 1. The minimum atomic E-state index is -3.10. The number of rotatable bonds is 5. The topological polar surface area (TPSA) is 124 Å². The van der Waals surface area contributed by atoms with Crippen LogP contribution in [-0.2, 0) is 16.7 Å². The van der Waals surface area contributed by atoms with Crippen molar-refractivity contribution in [1.82, 2.24) is 9.55 Å². The number of nitrogen functional groups attached to an aromatic ring is 1. The molecule has 5 rings (SSSR count). The molecule has 2 fully saturated rings. The van der Waals surface area contributed by atoms with Crippen LogP contribution in [0.2, 0.25) is 0 Å². The molecule has 0 bridgehead atoms. The second kappa shape index (κ2) is 13.0. The van der Waals surface area contributed by atoms with E-state index in [1.807, 2.05) is 12.1 Å². The van der Waals surface area contributed by atoms with E-state index in [0.717, 1.165) is 62.5 Å². The number of hydrogen-bond acceptors (Lipinski definition) is 5. The molecule has 2 saturated carbocycles. The zero-order valence-electron chi connectivity index (χ0n) is 20.9. The van der Waals surface area contributed by atoms with Gasteiger partial charge in [-0.3, -0.25) is 4.79 Å². The number of fused-ring (bicyclic) bond motifs is 1. The van der Waals surface area contributed by atoms with Crippen LogP contribution in [0.3, 0.4) is 0 Å². The Balaban J connectivity index is 0.000000361. The summed E-state index contributed by atoms with van der Waals surface area (Å²) in [7, 11) is 3.03. The summed E-state index contributed by atoms with van der Waals surface area (Å²) < 4.78 is 48.2. The average Bonchev–Trinajstić information content (AvgIpc) is 3.18. The highest BCUT2D eigenvalue weighted by atomic mass is 32.2. The fraction of sp³-hybridized carbons (Fsp3) is 0.462. The Labute approximate surface area is 220 Å². The maximum absolute atomic E-state index is 13.9. The summed E-state index contributed by atoms with van der Waals surface area (Å²) in [6.45, 7) is 0. The van der Waals surface area contributed by atoms with Crippen molar-refractivity contribution in [2.24, 2.45) is 5.73 Å². The lowest BCUT2D eigenvalue weighted by molar-refractivity contribution is 0.103. The van der Waals surface area contributed by atoms with Crippen molar-refractivity contribution in [3.8, 4) is 11.3 Å². The molecule has 0 aliphatic heterocycles. The van der Waals surface area contributed by atoms with E-state index in [1.165, 1.54) is 35.0 Å². The fourth-order valence-corrected chi connectivity index (χ4v) is 5.61. The predicted molar refractivity (Wildman–Crippen MR) is 149 cm³/mol. The van der Waals surface area contributed by atoms with Gasteiger partial charge in [-0.2, -0.15) is 8.78 Å². The molecule has 0 saturated heterocycles. The first-order chi connectivity index (χ1) is 17.7. The van der Waals surface area contributed by atoms with Gasteiger partial charge in [0.1, 0.15) is 5.65 Å². The van der Waals surface area contributed by atoms with Crippen molar-refractivity contribution in [2.75, 3.05) is 12.8 Å². The van der Waals surface area contributed by atoms with E-state index in [0.29, 0.717) is 22.3 Å². The highest BCUT2D eigenvalue weighted by molar-refractivity contribution is 7.79. The zero-order chi connectivity index (χ0) is 27.2. The minimum Gasteiger partial charge on any atom is -0.399 e. The molecule has 0 spiro atoms. The standard InChI is InChI=1S/C21H22F2N3OP.C4H8O2S.CH5N/c22-21(23,28)14-10-17-18(12-27)19(13-6-8-15(24)9-7-13)26(20(17)25-11-14)16-4-2-1-3-5-16;5-7(6)4-2-1-3-4;1-2/h6-12,16H,1-5,24,28H2;4H,1-3H2,(H,5,6);2H2,1H3. The largest absolute Gasteiger partial charge is 0.399 e. The summed E-state index contributed by atoms with van der Waals surface area (Å²) >= 11 is -1.52. The van der Waals surface area contributed by atoms with Gasteiger partial charge in [0.05, 0.1) is 10.9 Å². The van der Waals surface area contributed by atoms with Gasteiger partial charge in [0, 0.05) is 34.4 Å². The van der Waals surface area contributed by atoms with E-state index >= 15 is 0 Å². The maximum atomic E-state index is 13.9. The van der Waals surface area contributed by atoms with E-state index in [1.54, 1.807) is 12.1 Å². The van der Waals surface area contributed by atoms with Crippen LogP contribution in [0.4, 0.5) is 14.5 Å². The molecule has 0 amide bonds. The highest BCUT2D eigenvalue weighted by Gasteiger charge is 2.30. The maximum Gasteiger partial charge on any atom is 0.285 e. The van der Waals surface area contributed by atoms with Crippen molar-refractivity contribution in [2.45, 2.75) is 68.3 Å². The molecular weight excluding hydrogens is 517 g/mol. The molecule has 1 aromatic carbocycles. The number of hydrogen-bond donors (Lipinski definition) is 3. The van der Waals surface area contributed by atoms with Gasteiger partial charge >= 0.3 is 0 Å². The molecule has 2 aliphatic carbocycles. The highest BCUT2D eigenvalue weighted by Crippen LogP contribution is 2.42. The minimum absolute atomic E-state index is 0.111. The van der Waals surface area contributed by atoms with E-state index in [-0.39, 0.29) is 16.9 Å². The van der Waals surface area contributed by atoms with Crippen LogP contribution in [0.25, 0.3) is 22.3 Å². The molecule has 2 aromatic heterocycles. The summed E-state index contributed by atoms with van der Waals surface area (Å²) in [4.78, 5) is 16.5. The van der Waals surface area contributed by atoms with Crippen LogP contribution in [-0.4, -0.2) is 36.9 Å². The number of benzene rings is 1. The first-order valence-electron chi connectivity index (χ1n) is 12.4. The lowest BCUT2D eigenvalue weighted by Gasteiger charge is -2.26. The van der Waals surface area contributed by atoms with E-state index in [9.17, 15) is 17.8 Å². The molecule has 11 heteroatoms. The van der Waals surface area contributed by atoms with Crippen LogP contribution in [0.1, 0.15) is 73.3 Å². The van der Waals surface area contributed by atoms with Gasteiger partial charge in [0.2, 0.25) is 0 Å². The quantitative estimate of drug-likeness (QED) is 0.158. The summed E-state index contributed by atoms with van der Waals surface area (Å²) in [6.07, 6.45) is 10.3. The van der Waals surface area contributed by atoms with Crippen LogP contribution in [0.15, 0.2) is 36.5 Å². The van der Waals surface area contributed by atoms with Crippen molar-refractivity contribution in [3.63, 3.8) is 0 Å². The van der Waals surface area contributed by atoms with Crippen molar-refractivity contribution >= 4 is 43.3 Å². The lowest BCUT2D eigenvalue weighted by Crippen LogP contribution is -2.22. The van der Waals surface area contributed by atoms with Crippen LogP contribution in [0, 0.1) is 0 Å². The molecule has 5 N–H and O–H groups in total. The second-order valence-corrected chi connectivity index (χ2v) is 11.2. The summed E-state index contributed by atoms with van der Waals surface area (Å²) in [5, 5.41) is 0.576. The Kier molecular flexibility index (Phi) is 10.3. The number of anilines is 1. The molecule has 37 heavy (non-hydrogen) atoms. The van der Waals surface area contributed by atoms with Gasteiger partial charge in [-0.25, -0.2) is 9.19 Å². The van der Waals surface area contributed by atoms with Crippen molar-refractivity contribution in [1.29, 1.82) is 0 Å². The van der Waals surface area contributed by atoms with Crippen LogP contribution in [0.5, 0.6) is 0 Å².